The van der Waals surface area contributed by atoms with Crippen LogP contribution in [0.4, 0.5) is 5.69 Å². The molecule has 0 unspecified atom stereocenters. The Morgan fingerprint density at radius 2 is 1.83 bits per heavy atom. The van der Waals surface area contributed by atoms with E-state index >= 15 is 0 Å². The van der Waals surface area contributed by atoms with E-state index in [0.29, 0.717) is 6.61 Å². The highest BCUT2D eigenvalue weighted by Gasteiger charge is 2.06. The van der Waals surface area contributed by atoms with Gasteiger partial charge in [0.25, 0.3) is 5.69 Å². The Balaban J connectivity index is 0.000000411. The zero-order valence-corrected chi connectivity index (χ0v) is 9.95. The Kier molecular flexibility index (Phi) is 6.72. The highest BCUT2D eigenvalue weighted by molar-refractivity contribution is 5.87. The molecule has 0 spiro atoms. The van der Waals surface area contributed by atoms with E-state index < -0.39 is 10.9 Å². The minimum atomic E-state index is -1.09. The van der Waals surface area contributed by atoms with Gasteiger partial charge in [-0.2, -0.15) is 0 Å². The average molecular weight is 255 g/mol. The fraction of sp³-hybridized carbons (Fsp3) is 0.273. The van der Waals surface area contributed by atoms with E-state index in [0.717, 1.165) is 12.1 Å². The van der Waals surface area contributed by atoms with Crippen LogP contribution in [0.25, 0.3) is 0 Å². The summed E-state index contributed by atoms with van der Waals surface area (Å²) in [4.78, 5) is 29.7. The van der Waals surface area contributed by atoms with E-state index in [1.165, 1.54) is 19.1 Å². The van der Waals surface area contributed by atoms with Crippen molar-refractivity contribution >= 4 is 17.6 Å². The molecule has 0 heterocycles. The van der Waals surface area contributed by atoms with Crippen molar-refractivity contribution < 1.29 is 24.4 Å². The molecule has 0 saturated carbocycles. The quantitative estimate of drug-likeness (QED) is 0.502. The number of hydrogen-bond donors (Lipinski definition) is 1. The molecule has 0 bridgehead atoms. The molecule has 0 aliphatic rings. The zero-order valence-electron chi connectivity index (χ0n) is 9.95. The molecule has 0 atom stereocenters. The lowest BCUT2D eigenvalue weighted by molar-refractivity contribution is -0.384. The summed E-state index contributed by atoms with van der Waals surface area (Å²) in [7, 11) is 0. The van der Waals surface area contributed by atoms with Crippen LogP contribution >= 0.6 is 0 Å². The number of non-ortho nitro benzene ring substituents is 1. The SMILES string of the molecule is CCOC(C)=O.O=C(O)c1ccc([N+](=O)[O-])cc1. The molecular formula is C11H13NO6. The largest absolute Gasteiger partial charge is 0.478 e. The van der Waals surface area contributed by atoms with Gasteiger partial charge in [-0.3, -0.25) is 14.9 Å². The van der Waals surface area contributed by atoms with Gasteiger partial charge in [0.15, 0.2) is 0 Å². The summed E-state index contributed by atoms with van der Waals surface area (Å²) in [5.41, 5.74) is -0.0689. The van der Waals surface area contributed by atoms with Gasteiger partial charge in [0.05, 0.1) is 17.1 Å². The van der Waals surface area contributed by atoms with Gasteiger partial charge in [-0.1, -0.05) is 0 Å². The number of nitro benzene ring substituents is 1. The maximum Gasteiger partial charge on any atom is 0.335 e. The summed E-state index contributed by atoms with van der Waals surface area (Å²) in [6, 6.07) is 4.70. The van der Waals surface area contributed by atoms with Crippen molar-refractivity contribution in [3.63, 3.8) is 0 Å². The third-order valence-electron chi connectivity index (χ3n) is 1.67. The van der Waals surface area contributed by atoms with Crippen molar-refractivity contribution in [2.45, 2.75) is 13.8 Å². The van der Waals surface area contributed by atoms with Gasteiger partial charge in [-0.05, 0) is 19.1 Å². The van der Waals surface area contributed by atoms with Crippen LogP contribution in [0.3, 0.4) is 0 Å². The lowest BCUT2D eigenvalue weighted by atomic mass is 10.2. The van der Waals surface area contributed by atoms with E-state index in [9.17, 15) is 19.7 Å². The Bertz CT molecular complexity index is 393. The fourth-order valence-corrected chi connectivity index (χ4v) is 0.929. The number of nitrogens with zero attached hydrogens (tertiary/aromatic N) is 1. The topological polar surface area (TPSA) is 107 Å². The number of benzene rings is 1. The highest BCUT2D eigenvalue weighted by atomic mass is 16.6. The second-order valence-corrected chi connectivity index (χ2v) is 3.03. The number of ether oxygens (including phenoxy) is 1. The Morgan fingerprint density at radius 1 is 1.33 bits per heavy atom. The lowest BCUT2D eigenvalue weighted by Crippen LogP contribution is -1.96. The fourth-order valence-electron chi connectivity index (χ4n) is 0.929. The molecule has 1 aromatic rings. The van der Waals surface area contributed by atoms with Crippen LogP contribution < -0.4 is 0 Å². The summed E-state index contributed by atoms with van der Waals surface area (Å²) in [5.74, 6) is -1.30. The average Bonchev–Trinajstić information content (AvgIpc) is 2.29. The lowest BCUT2D eigenvalue weighted by Gasteiger charge is -1.92. The second kappa shape index (κ2) is 7.77. The van der Waals surface area contributed by atoms with Crippen molar-refractivity contribution in [3.8, 4) is 0 Å². The molecule has 0 amide bonds. The van der Waals surface area contributed by atoms with Crippen molar-refractivity contribution in [1.82, 2.24) is 0 Å². The summed E-state index contributed by atoms with van der Waals surface area (Å²) in [6.07, 6.45) is 0. The van der Waals surface area contributed by atoms with Crippen molar-refractivity contribution in [1.29, 1.82) is 0 Å². The number of carboxylic acid groups (broad SMARTS) is 1. The number of carboxylic acids is 1. The maximum atomic E-state index is 10.3. The maximum absolute atomic E-state index is 10.3. The first kappa shape index (κ1) is 15.6. The first-order valence-electron chi connectivity index (χ1n) is 4.99. The molecular weight excluding hydrogens is 242 g/mol. The van der Waals surface area contributed by atoms with Gasteiger partial charge >= 0.3 is 11.9 Å². The summed E-state index contributed by atoms with van der Waals surface area (Å²) in [6.45, 7) is 3.65. The van der Waals surface area contributed by atoms with Crippen LogP contribution in [0.1, 0.15) is 24.2 Å². The first-order valence-corrected chi connectivity index (χ1v) is 4.99. The Hall–Kier alpha value is -2.44. The first-order chi connectivity index (χ1) is 8.38. The van der Waals surface area contributed by atoms with Gasteiger partial charge < -0.3 is 9.84 Å². The summed E-state index contributed by atoms with van der Waals surface area (Å²) < 4.78 is 4.40. The number of nitro groups is 1. The molecule has 0 saturated heterocycles. The summed E-state index contributed by atoms with van der Waals surface area (Å²) in [5, 5.41) is 18.6. The van der Waals surface area contributed by atoms with Crippen LogP contribution in [0.5, 0.6) is 0 Å². The third-order valence-corrected chi connectivity index (χ3v) is 1.67. The van der Waals surface area contributed by atoms with Crippen LogP contribution in [-0.2, 0) is 9.53 Å². The van der Waals surface area contributed by atoms with Crippen LogP contribution in [-0.4, -0.2) is 28.6 Å². The summed E-state index contributed by atoms with van der Waals surface area (Å²) >= 11 is 0. The van der Waals surface area contributed by atoms with Gasteiger partial charge in [0, 0.05) is 19.1 Å². The molecule has 1 aromatic carbocycles. The van der Waals surface area contributed by atoms with Crippen molar-refractivity contribution in [2.24, 2.45) is 0 Å². The van der Waals surface area contributed by atoms with E-state index in [4.69, 9.17) is 5.11 Å². The van der Waals surface area contributed by atoms with E-state index in [1.807, 2.05) is 0 Å². The minimum absolute atomic E-state index is 0.0422. The number of esters is 1. The Morgan fingerprint density at radius 3 is 2.06 bits per heavy atom. The molecule has 1 N–H and O–H groups in total. The molecule has 0 aliphatic heterocycles. The molecule has 0 fully saturated rings. The zero-order chi connectivity index (χ0) is 14.1. The van der Waals surface area contributed by atoms with Crippen molar-refractivity contribution in [2.75, 3.05) is 6.61 Å². The third kappa shape index (κ3) is 6.21. The smallest absolute Gasteiger partial charge is 0.335 e. The molecule has 1 rings (SSSR count). The number of carbonyl (C=O) groups excluding carboxylic acids is 1. The predicted octanol–water partition coefficient (Wildman–Crippen LogP) is 1.86. The second-order valence-electron chi connectivity index (χ2n) is 3.03. The van der Waals surface area contributed by atoms with Gasteiger partial charge in [-0.25, -0.2) is 4.79 Å². The van der Waals surface area contributed by atoms with E-state index in [1.54, 1.807) is 6.92 Å². The molecule has 0 aliphatic carbocycles. The number of aromatic carboxylic acids is 1. The Labute approximate surface area is 103 Å². The van der Waals surface area contributed by atoms with Crippen molar-refractivity contribution in [3.05, 3.63) is 39.9 Å². The van der Waals surface area contributed by atoms with E-state index in [2.05, 4.69) is 4.74 Å². The van der Waals surface area contributed by atoms with Gasteiger partial charge in [0.1, 0.15) is 0 Å². The molecule has 0 radical (unpaired) electrons. The van der Waals surface area contributed by atoms with Gasteiger partial charge in [-0.15, -0.1) is 0 Å². The number of hydrogen-bond acceptors (Lipinski definition) is 5. The monoisotopic (exact) mass is 255 g/mol. The van der Waals surface area contributed by atoms with Crippen LogP contribution in [0.15, 0.2) is 24.3 Å². The standard InChI is InChI=1S/C7H5NO4.C4H8O2/c9-7(10)5-1-3-6(4-2-5)8(11)12;1-3-6-4(2)5/h1-4H,(H,9,10);3H2,1-2H3. The molecule has 0 aromatic heterocycles. The molecule has 7 heteroatoms. The predicted molar refractivity (Wildman–Crippen MR) is 62.4 cm³/mol. The number of rotatable bonds is 3. The molecule has 7 nitrogen and oxygen atoms in total. The minimum Gasteiger partial charge on any atom is -0.478 e. The normalized spacial score (nSPS) is 8.78. The highest BCUT2D eigenvalue weighted by Crippen LogP contribution is 2.11. The van der Waals surface area contributed by atoms with Crippen LogP contribution in [0, 0.1) is 10.1 Å². The number of carbonyl (C=O) groups is 2. The van der Waals surface area contributed by atoms with E-state index in [-0.39, 0.29) is 17.2 Å². The van der Waals surface area contributed by atoms with Crippen LogP contribution in [0.2, 0.25) is 0 Å². The molecule has 98 valence electrons. The van der Waals surface area contributed by atoms with Gasteiger partial charge in [0.2, 0.25) is 0 Å². The molecule has 18 heavy (non-hydrogen) atoms.